The summed E-state index contributed by atoms with van der Waals surface area (Å²) < 4.78 is 10.8. The molecule has 162 valence electrons. The number of phenols is 2. The predicted molar refractivity (Wildman–Crippen MR) is 103 cm³/mol. The smallest absolute Gasteiger partial charge is 0.229 e. The normalized spacial score (nSPS) is 26.3. The summed E-state index contributed by atoms with van der Waals surface area (Å²) in [5.41, 5.74) is 0.957. The predicted octanol–water partition coefficient (Wildman–Crippen LogP) is 0.0920. The minimum Gasteiger partial charge on any atom is -0.508 e. The Morgan fingerprint density at radius 3 is 2.30 bits per heavy atom. The number of aryl methyl sites for hydroxylation is 1. The molecule has 1 aliphatic rings. The van der Waals surface area contributed by atoms with E-state index in [2.05, 4.69) is 0 Å². The molecule has 9 heteroatoms. The summed E-state index contributed by atoms with van der Waals surface area (Å²) in [6, 6.07) is 10.4. The van der Waals surface area contributed by atoms with Gasteiger partial charge in [-0.1, -0.05) is 12.1 Å². The van der Waals surface area contributed by atoms with Crippen LogP contribution in [0.3, 0.4) is 0 Å². The molecule has 2 aromatic carbocycles. The highest BCUT2D eigenvalue weighted by Crippen LogP contribution is 2.26. The first kappa shape index (κ1) is 22.0. The zero-order chi connectivity index (χ0) is 21.8. The first-order valence-corrected chi connectivity index (χ1v) is 9.41. The van der Waals surface area contributed by atoms with E-state index in [-0.39, 0.29) is 29.3 Å². The molecule has 9 nitrogen and oxygen atoms in total. The summed E-state index contributed by atoms with van der Waals surface area (Å²) in [7, 11) is 0. The second-order valence-electron chi connectivity index (χ2n) is 7.08. The maximum atomic E-state index is 12.3. The lowest BCUT2D eigenvalue weighted by molar-refractivity contribution is -0.277. The van der Waals surface area contributed by atoms with E-state index in [4.69, 9.17) is 9.47 Å². The number of ketones is 1. The first-order chi connectivity index (χ1) is 14.3. The molecular formula is C21H24O9. The lowest BCUT2D eigenvalue weighted by atomic mass is 9.99. The third kappa shape index (κ3) is 4.89. The van der Waals surface area contributed by atoms with E-state index in [0.29, 0.717) is 12.2 Å². The summed E-state index contributed by atoms with van der Waals surface area (Å²) in [5, 5.41) is 57.9. The number of carbonyl (C=O) groups excluding carboxylic acids is 1. The first-order valence-electron chi connectivity index (χ1n) is 9.41. The van der Waals surface area contributed by atoms with Crippen LogP contribution >= 0.6 is 0 Å². The summed E-state index contributed by atoms with van der Waals surface area (Å²) in [4.78, 5) is 12.3. The van der Waals surface area contributed by atoms with Gasteiger partial charge in [0.25, 0.3) is 0 Å². The van der Waals surface area contributed by atoms with Crippen molar-refractivity contribution in [1.82, 2.24) is 0 Å². The molecule has 1 fully saturated rings. The maximum absolute atomic E-state index is 12.3. The molecule has 6 N–H and O–H groups in total. The van der Waals surface area contributed by atoms with Crippen LogP contribution in [-0.4, -0.2) is 73.7 Å². The Hall–Kier alpha value is -2.69. The largest absolute Gasteiger partial charge is 0.508 e. The van der Waals surface area contributed by atoms with Crippen molar-refractivity contribution in [3.8, 4) is 17.2 Å². The van der Waals surface area contributed by atoms with Gasteiger partial charge in [-0.3, -0.25) is 4.79 Å². The monoisotopic (exact) mass is 420 g/mol. The number of aromatic hydroxyl groups is 2. The Bertz CT molecular complexity index is 865. The Morgan fingerprint density at radius 2 is 1.67 bits per heavy atom. The van der Waals surface area contributed by atoms with Gasteiger partial charge in [0.1, 0.15) is 41.7 Å². The summed E-state index contributed by atoms with van der Waals surface area (Å²) >= 11 is 0. The van der Waals surface area contributed by atoms with Crippen molar-refractivity contribution in [2.75, 3.05) is 6.61 Å². The summed E-state index contributed by atoms with van der Waals surface area (Å²) in [5.74, 6) is -0.345. The zero-order valence-corrected chi connectivity index (χ0v) is 16.0. The van der Waals surface area contributed by atoms with E-state index in [0.717, 1.165) is 11.6 Å². The van der Waals surface area contributed by atoms with Gasteiger partial charge in [0, 0.05) is 12.5 Å². The van der Waals surface area contributed by atoms with E-state index in [9.17, 15) is 35.4 Å². The number of phenolic OH excluding ortho intramolecular Hbond substituents is 2. The SMILES string of the molecule is O=C(CCc1ccc(OC2OC(CO)C(O)C(O)C2O)cc1)c1ccc(O)cc1O. The van der Waals surface area contributed by atoms with E-state index in [1.807, 2.05) is 0 Å². The molecule has 0 amide bonds. The molecule has 0 spiro atoms. The molecule has 1 saturated heterocycles. The van der Waals surface area contributed by atoms with E-state index < -0.39 is 37.3 Å². The van der Waals surface area contributed by atoms with Gasteiger partial charge >= 0.3 is 0 Å². The minimum atomic E-state index is -1.53. The van der Waals surface area contributed by atoms with Gasteiger partial charge in [-0.15, -0.1) is 0 Å². The van der Waals surface area contributed by atoms with Crippen LogP contribution in [0, 0.1) is 0 Å². The number of aliphatic hydroxyl groups is 4. The van der Waals surface area contributed by atoms with Gasteiger partial charge in [-0.05, 0) is 36.2 Å². The lowest BCUT2D eigenvalue weighted by Crippen LogP contribution is -2.60. The average Bonchev–Trinajstić information content (AvgIpc) is 2.73. The number of hydrogen-bond acceptors (Lipinski definition) is 9. The Labute approximate surface area is 172 Å². The van der Waals surface area contributed by atoms with Crippen LogP contribution in [0.15, 0.2) is 42.5 Å². The van der Waals surface area contributed by atoms with Crippen LogP contribution in [0.1, 0.15) is 22.3 Å². The van der Waals surface area contributed by atoms with Crippen LogP contribution < -0.4 is 4.74 Å². The quantitative estimate of drug-likeness (QED) is 0.342. The van der Waals surface area contributed by atoms with Crippen LogP contribution in [0.5, 0.6) is 17.2 Å². The van der Waals surface area contributed by atoms with E-state index >= 15 is 0 Å². The number of ether oxygens (including phenoxy) is 2. The number of aliphatic hydroxyl groups excluding tert-OH is 4. The van der Waals surface area contributed by atoms with Gasteiger partial charge in [0.05, 0.1) is 12.2 Å². The van der Waals surface area contributed by atoms with Gasteiger partial charge in [0.2, 0.25) is 6.29 Å². The van der Waals surface area contributed by atoms with Gasteiger partial charge < -0.3 is 40.1 Å². The molecule has 0 radical (unpaired) electrons. The second kappa shape index (κ2) is 9.41. The van der Waals surface area contributed by atoms with Crippen LogP contribution in [0.25, 0.3) is 0 Å². The molecule has 2 aromatic rings. The Morgan fingerprint density at radius 1 is 0.967 bits per heavy atom. The summed E-state index contributed by atoms with van der Waals surface area (Å²) in [6.45, 7) is -0.547. The molecule has 5 unspecified atom stereocenters. The zero-order valence-electron chi connectivity index (χ0n) is 16.0. The molecule has 0 saturated carbocycles. The standard InChI is InChI=1S/C21H24O9/c22-10-17-18(26)19(27)20(28)21(30-17)29-13-5-1-11(2-6-13)3-8-15(24)14-7-4-12(23)9-16(14)25/h1-2,4-7,9,17-23,25-28H,3,8,10H2. The highest BCUT2D eigenvalue weighted by atomic mass is 16.7. The molecule has 1 heterocycles. The fourth-order valence-electron chi connectivity index (χ4n) is 3.18. The number of rotatable bonds is 7. The fourth-order valence-corrected chi connectivity index (χ4v) is 3.18. The molecule has 0 aliphatic carbocycles. The number of Topliss-reactive ketones (excluding diaryl/α,β-unsaturated/α-hetero) is 1. The van der Waals surface area contributed by atoms with Gasteiger partial charge in [-0.2, -0.15) is 0 Å². The van der Waals surface area contributed by atoms with Crippen molar-refractivity contribution in [3.63, 3.8) is 0 Å². The van der Waals surface area contributed by atoms with Gasteiger partial charge in [-0.25, -0.2) is 0 Å². The van der Waals surface area contributed by atoms with Gasteiger partial charge in [0.15, 0.2) is 5.78 Å². The van der Waals surface area contributed by atoms with Crippen molar-refractivity contribution in [2.45, 2.75) is 43.5 Å². The molecule has 0 aromatic heterocycles. The second-order valence-corrected chi connectivity index (χ2v) is 7.08. The topological polar surface area (TPSA) is 157 Å². The van der Waals surface area contributed by atoms with Crippen LogP contribution in [-0.2, 0) is 11.2 Å². The molecule has 30 heavy (non-hydrogen) atoms. The number of benzene rings is 2. The molecule has 5 atom stereocenters. The maximum Gasteiger partial charge on any atom is 0.229 e. The van der Waals surface area contributed by atoms with Crippen molar-refractivity contribution in [2.24, 2.45) is 0 Å². The molecule has 0 bridgehead atoms. The Balaban J connectivity index is 1.58. The minimum absolute atomic E-state index is 0.126. The third-order valence-corrected chi connectivity index (χ3v) is 4.95. The highest BCUT2D eigenvalue weighted by Gasteiger charge is 2.44. The fraction of sp³-hybridized carbons (Fsp3) is 0.381. The average molecular weight is 420 g/mol. The molecule has 3 rings (SSSR count). The molecule has 1 aliphatic heterocycles. The van der Waals surface area contributed by atoms with Crippen molar-refractivity contribution in [3.05, 3.63) is 53.6 Å². The van der Waals surface area contributed by atoms with Crippen molar-refractivity contribution in [1.29, 1.82) is 0 Å². The van der Waals surface area contributed by atoms with Crippen molar-refractivity contribution < 1.29 is 44.9 Å². The van der Waals surface area contributed by atoms with E-state index in [1.165, 1.54) is 12.1 Å². The number of hydrogen-bond donors (Lipinski definition) is 6. The highest BCUT2D eigenvalue weighted by molar-refractivity contribution is 5.98. The summed E-state index contributed by atoms with van der Waals surface area (Å²) in [6.07, 6.45) is -6.27. The van der Waals surface area contributed by atoms with Crippen molar-refractivity contribution >= 4 is 5.78 Å². The Kier molecular flexibility index (Phi) is 6.91. The van der Waals surface area contributed by atoms with Crippen LogP contribution in [0.4, 0.5) is 0 Å². The molecular weight excluding hydrogens is 396 g/mol. The lowest BCUT2D eigenvalue weighted by Gasteiger charge is -2.39. The van der Waals surface area contributed by atoms with Crippen LogP contribution in [0.2, 0.25) is 0 Å². The number of carbonyl (C=O) groups is 1. The third-order valence-electron chi connectivity index (χ3n) is 4.95. The van der Waals surface area contributed by atoms with E-state index in [1.54, 1.807) is 24.3 Å².